The van der Waals surface area contributed by atoms with Crippen molar-refractivity contribution < 1.29 is 0 Å². The van der Waals surface area contributed by atoms with E-state index in [1.165, 1.54) is 77.0 Å². The molecule has 128 valence electrons. The molecule has 2 aliphatic carbocycles. The SMILES string of the molecule is CCCCCC1CCC(C2CCC(/C=C/C=C/C#N)CC2)CC1. The Morgan fingerprint density at radius 1 is 0.870 bits per heavy atom. The van der Waals surface area contributed by atoms with Crippen LogP contribution < -0.4 is 0 Å². The molecule has 2 aliphatic rings. The summed E-state index contributed by atoms with van der Waals surface area (Å²) in [5, 5.41) is 8.49. The summed E-state index contributed by atoms with van der Waals surface area (Å²) >= 11 is 0. The van der Waals surface area contributed by atoms with Gasteiger partial charge in [-0.3, -0.25) is 0 Å². The number of nitrogens with zero attached hydrogens (tertiary/aromatic N) is 1. The fourth-order valence-electron chi connectivity index (χ4n) is 4.76. The molecule has 0 N–H and O–H groups in total. The average molecular weight is 314 g/mol. The van der Waals surface area contributed by atoms with Crippen molar-refractivity contribution in [1.29, 1.82) is 5.26 Å². The molecule has 23 heavy (non-hydrogen) atoms. The van der Waals surface area contributed by atoms with E-state index in [1.54, 1.807) is 6.08 Å². The van der Waals surface area contributed by atoms with Gasteiger partial charge < -0.3 is 0 Å². The van der Waals surface area contributed by atoms with Crippen LogP contribution in [0.15, 0.2) is 24.3 Å². The van der Waals surface area contributed by atoms with Gasteiger partial charge in [0.2, 0.25) is 0 Å². The van der Waals surface area contributed by atoms with Gasteiger partial charge in [0, 0.05) is 6.08 Å². The highest BCUT2D eigenvalue weighted by molar-refractivity contribution is 5.12. The summed E-state index contributed by atoms with van der Waals surface area (Å²) in [6.45, 7) is 2.31. The van der Waals surface area contributed by atoms with Crippen molar-refractivity contribution in [3.8, 4) is 6.07 Å². The Balaban J connectivity index is 1.64. The van der Waals surface area contributed by atoms with E-state index >= 15 is 0 Å². The highest BCUT2D eigenvalue weighted by atomic mass is 14.4. The number of unbranched alkanes of at least 4 members (excludes halogenated alkanes) is 2. The maximum atomic E-state index is 8.49. The normalized spacial score (nSPS) is 32.3. The van der Waals surface area contributed by atoms with E-state index in [9.17, 15) is 0 Å². The molecule has 2 rings (SSSR count). The van der Waals surface area contributed by atoms with Crippen LogP contribution in [0.3, 0.4) is 0 Å². The standard InChI is InChI=1S/C22H35N/c1-2-3-5-8-19-10-14-21(15-11-19)22-16-12-20(13-17-22)9-6-4-7-18-23/h4,6-7,9,19-22H,2-3,5,8,10-17H2,1H3/b7-4+,9-6+. The minimum Gasteiger partial charge on any atom is -0.193 e. The van der Waals surface area contributed by atoms with Crippen molar-refractivity contribution in [3.05, 3.63) is 24.3 Å². The second kappa shape index (κ2) is 10.7. The maximum absolute atomic E-state index is 8.49. The van der Waals surface area contributed by atoms with E-state index in [0.29, 0.717) is 0 Å². The van der Waals surface area contributed by atoms with Crippen molar-refractivity contribution in [2.45, 2.75) is 84.0 Å². The number of nitriles is 1. The lowest BCUT2D eigenvalue weighted by atomic mass is 9.68. The summed E-state index contributed by atoms with van der Waals surface area (Å²) < 4.78 is 0. The van der Waals surface area contributed by atoms with Crippen LogP contribution in [0.5, 0.6) is 0 Å². The van der Waals surface area contributed by atoms with Gasteiger partial charge in [0.05, 0.1) is 6.07 Å². The highest BCUT2D eigenvalue weighted by Gasteiger charge is 2.30. The van der Waals surface area contributed by atoms with Crippen LogP contribution in [0.2, 0.25) is 0 Å². The van der Waals surface area contributed by atoms with Crippen LogP contribution in [-0.4, -0.2) is 0 Å². The molecule has 0 aromatic heterocycles. The van der Waals surface area contributed by atoms with Gasteiger partial charge in [0.25, 0.3) is 0 Å². The van der Waals surface area contributed by atoms with Gasteiger partial charge in [-0.1, -0.05) is 63.7 Å². The van der Waals surface area contributed by atoms with Crippen LogP contribution in [0.1, 0.15) is 84.0 Å². The van der Waals surface area contributed by atoms with Gasteiger partial charge in [-0.05, 0) is 62.2 Å². The Hall–Kier alpha value is -1.03. The first-order chi connectivity index (χ1) is 11.3. The van der Waals surface area contributed by atoms with Gasteiger partial charge in [0.1, 0.15) is 0 Å². The first-order valence-corrected chi connectivity index (χ1v) is 10.1. The van der Waals surface area contributed by atoms with Crippen molar-refractivity contribution in [2.24, 2.45) is 23.7 Å². The highest BCUT2D eigenvalue weighted by Crippen LogP contribution is 2.42. The first-order valence-electron chi connectivity index (χ1n) is 10.1. The van der Waals surface area contributed by atoms with Gasteiger partial charge >= 0.3 is 0 Å². The first kappa shape index (κ1) is 18.3. The van der Waals surface area contributed by atoms with Crippen LogP contribution in [-0.2, 0) is 0 Å². The Morgan fingerprint density at radius 2 is 1.52 bits per heavy atom. The Bertz CT molecular complexity index is 398. The van der Waals surface area contributed by atoms with Gasteiger partial charge in [0.15, 0.2) is 0 Å². The van der Waals surface area contributed by atoms with Crippen LogP contribution in [0, 0.1) is 35.0 Å². The topological polar surface area (TPSA) is 23.8 Å². The van der Waals surface area contributed by atoms with Crippen LogP contribution >= 0.6 is 0 Å². The second-order valence-electron chi connectivity index (χ2n) is 7.82. The molecule has 2 saturated carbocycles. The summed E-state index contributed by atoms with van der Waals surface area (Å²) in [6.07, 6.45) is 25.2. The Labute approximate surface area is 143 Å². The third-order valence-electron chi connectivity index (χ3n) is 6.26. The molecule has 0 aromatic rings. The smallest absolute Gasteiger partial charge is 0.0912 e. The molecule has 0 heterocycles. The van der Waals surface area contributed by atoms with E-state index in [4.69, 9.17) is 5.26 Å². The third-order valence-corrected chi connectivity index (χ3v) is 6.26. The molecular formula is C22H35N. The fraction of sp³-hybridized carbons (Fsp3) is 0.773. The molecule has 2 fully saturated rings. The lowest BCUT2D eigenvalue weighted by molar-refractivity contribution is 0.151. The molecule has 0 aromatic carbocycles. The molecule has 0 amide bonds. The molecule has 0 saturated heterocycles. The van der Waals surface area contributed by atoms with E-state index < -0.39 is 0 Å². The maximum Gasteiger partial charge on any atom is 0.0912 e. The van der Waals surface area contributed by atoms with E-state index in [-0.39, 0.29) is 0 Å². The monoisotopic (exact) mass is 313 g/mol. The number of hydrogen-bond acceptors (Lipinski definition) is 1. The summed E-state index contributed by atoms with van der Waals surface area (Å²) in [7, 11) is 0. The summed E-state index contributed by atoms with van der Waals surface area (Å²) in [5.74, 6) is 3.83. The minimum atomic E-state index is 0.750. The largest absolute Gasteiger partial charge is 0.193 e. The fourth-order valence-corrected chi connectivity index (χ4v) is 4.76. The molecule has 0 atom stereocenters. The summed E-state index contributed by atoms with van der Waals surface area (Å²) in [6, 6.07) is 2.04. The second-order valence-corrected chi connectivity index (χ2v) is 7.82. The van der Waals surface area contributed by atoms with Crippen molar-refractivity contribution in [3.63, 3.8) is 0 Å². The molecule has 0 unspecified atom stereocenters. The van der Waals surface area contributed by atoms with E-state index in [0.717, 1.165) is 23.7 Å². The van der Waals surface area contributed by atoms with Crippen LogP contribution in [0.25, 0.3) is 0 Å². The molecule has 1 nitrogen and oxygen atoms in total. The van der Waals surface area contributed by atoms with Crippen molar-refractivity contribution in [2.75, 3.05) is 0 Å². The zero-order valence-electron chi connectivity index (χ0n) is 15.1. The molecular weight excluding hydrogens is 278 g/mol. The number of hydrogen-bond donors (Lipinski definition) is 0. The molecule has 0 aliphatic heterocycles. The molecule has 0 bridgehead atoms. The predicted octanol–water partition coefficient (Wildman–Crippen LogP) is 6.82. The Kier molecular flexibility index (Phi) is 8.51. The number of rotatable bonds is 7. The lowest BCUT2D eigenvalue weighted by Crippen LogP contribution is -2.25. The van der Waals surface area contributed by atoms with Crippen molar-refractivity contribution in [1.82, 2.24) is 0 Å². The summed E-state index contributed by atoms with van der Waals surface area (Å²) in [5.41, 5.74) is 0. The van der Waals surface area contributed by atoms with E-state index in [2.05, 4.69) is 19.1 Å². The van der Waals surface area contributed by atoms with Gasteiger partial charge in [-0.25, -0.2) is 0 Å². The zero-order chi connectivity index (χ0) is 16.3. The molecule has 0 spiro atoms. The van der Waals surface area contributed by atoms with Gasteiger partial charge in [-0.15, -0.1) is 0 Å². The molecule has 1 heteroatoms. The average Bonchev–Trinajstić information content (AvgIpc) is 2.60. The minimum absolute atomic E-state index is 0.750. The quantitative estimate of drug-likeness (QED) is 0.287. The van der Waals surface area contributed by atoms with Crippen LogP contribution in [0.4, 0.5) is 0 Å². The van der Waals surface area contributed by atoms with E-state index in [1.807, 2.05) is 12.1 Å². The number of allylic oxidation sites excluding steroid dienone is 4. The third kappa shape index (κ3) is 6.54. The summed E-state index contributed by atoms with van der Waals surface area (Å²) in [4.78, 5) is 0. The molecule has 0 radical (unpaired) electrons. The lowest BCUT2D eigenvalue weighted by Gasteiger charge is -2.37. The zero-order valence-corrected chi connectivity index (χ0v) is 15.1. The van der Waals surface area contributed by atoms with Crippen molar-refractivity contribution >= 4 is 0 Å². The van der Waals surface area contributed by atoms with Gasteiger partial charge in [-0.2, -0.15) is 5.26 Å². The predicted molar refractivity (Wildman–Crippen MR) is 98.9 cm³/mol. The Morgan fingerprint density at radius 3 is 2.13 bits per heavy atom.